The topological polar surface area (TPSA) is 77.2 Å². The maximum atomic E-state index is 11.9. The van der Waals surface area contributed by atoms with Crippen molar-refractivity contribution in [2.75, 3.05) is 11.9 Å². The molecule has 0 radical (unpaired) electrons. The minimum atomic E-state index is -0.355. The molecule has 0 aliphatic heterocycles. The molecular formula is C18H17N3O3. The van der Waals surface area contributed by atoms with Crippen molar-refractivity contribution in [3.63, 3.8) is 0 Å². The predicted octanol–water partition coefficient (Wildman–Crippen LogP) is 3.37. The molecule has 0 saturated heterocycles. The van der Waals surface area contributed by atoms with Crippen LogP contribution in [0.4, 0.5) is 5.95 Å². The Morgan fingerprint density at radius 3 is 2.33 bits per heavy atom. The van der Waals surface area contributed by atoms with E-state index < -0.39 is 0 Å². The van der Waals surface area contributed by atoms with Crippen molar-refractivity contribution in [3.05, 3.63) is 59.7 Å². The molecule has 6 nitrogen and oxygen atoms in total. The first-order valence-corrected chi connectivity index (χ1v) is 7.50. The maximum absolute atomic E-state index is 11.9. The largest absolute Gasteiger partial charge is 0.484 e. The third kappa shape index (κ3) is 3.98. The lowest BCUT2D eigenvalue weighted by atomic mass is 10.1. The number of carbonyl (C=O) groups is 1. The third-order valence-electron chi connectivity index (χ3n) is 3.37. The molecule has 0 unspecified atom stereocenters. The van der Waals surface area contributed by atoms with Crippen molar-refractivity contribution >= 4 is 11.9 Å². The number of amides is 1. The molecule has 1 N–H and O–H groups in total. The number of aromatic nitrogens is 2. The van der Waals surface area contributed by atoms with Crippen molar-refractivity contribution in [2.24, 2.45) is 0 Å². The summed E-state index contributed by atoms with van der Waals surface area (Å²) in [5.74, 6) is 0.740. The molecule has 6 heteroatoms. The van der Waals surface area contributed by atoms with Crippen molar-refractivity contribution < 1.29 is 14.1 Å². The van der Waals surface area contributed by atoms with Gasteiger partial charge >= 0.3 is 0 Å². The highest BCUT2D eigenvalue weighted by molar-refractivity contribution is 5.90. The Bertz CT molecular complexity index is 823. The van der Waals surface area contributed by atoms with E-state index in [-0.39, 0.29) is 18.5 Å². The summed E-state index contributed by atoms with van der Waals surface area (Å²) in [6.07, 6.45) is 0. The summed E-state index contributed by atoms with van der Waals surface area (Å²) in [4.78, 5) is 16.0. The zero-order valence-corrected chi connectivity index (χ0v) is 13.4. The fourth-order valence-corrected chi connectivity index (χ4v) is 2.03. The lowest BCUT2D eigenvalue weighted by molar-refractivity contribution is -0.118. The molecule has 0 aliphatic rings. The first-order chi connectivity index (χ1) is 11.6. The van der Waals surface area contributed by atoms with E-state index in [9.17, 15) is 4.79 Å². The van der Waals surface area contributed by atoms with Gasteiger partial charge in [0.1, 0.15) is 5.75 Å². The van der Waals surface area contributed by atoms with E-state index >= 15 is 0 Å². The zero-order valence-electron chi connectivity index (χ0n) is 13.4. The standard InChI is InChI=1S/C18H17N3O3/c1-12-3-7-14(8-4-12)17-20-18(21-24-17)19-16(22)11-23-15-9-5-13(2)6-10-15/h3-10H,11H2,1-2H3,(H,19,21,22). The second-order valence-electron chi connectivity index (χ2n) is 5.44. The minimum absolute atomic E-state index is 0.114. The first-order valence-electron chi connectivity index (χ1n) is 7.50. The maximum Gasteiger partial charge on any atom is 0.270 e. The summed E-state index contributed by atoms with van der Waals surface area (Å²) in [5.41, 5.74) is 3.06. The Kier molecular flexibility index (Phi) is 4.56. The molecule has 0 fully saturated rings. The Morgan fingerprint density at radius 1 is 1.04 bits per heavy atom. The lowest BCUT2D eigenvalue weighted by Crippen LogP contribution is -2.20. The number of hydrogen-bond acceptors (Lipinski definition) is 5. The van der Waals surface area contributed by atoms with Crippen LogP contribution in [-0.2, 0) is 4.79 Å². The molecule has 3 aromatic rings. The minimum Gasteiger partial charge on any atom is -0.484 e. The summed E-state index contributed by atoms with van der Waals surface area (Å²) in [6, 6.07) is 15.1. The van der Waals surface area contributed by atoms with Gasteiger partial charge in [-0.25, -0.2) is 0 Å². The van der Waals surface area contributed by atoms with Crippen molar-refractivity contribution in [3.8, 4) is 17.2 Å². The van der Waals surface area contributed by atoms with Gasteiger partial charge < -0.3 is 9.26 Å². The second-order valence-corrected chi connectivity index (χ2v) is 5.44. The Labute approximate surface area is 139 Å². The van der Waals surface area contributed by atoms with Gasteiger partial charge in [-0.3, -0.25) is 10.1 Å². The van der Waals surface area contributed by atoms with Gasteiger partial charge in [0.15, 0.2) is 6.61 Å². The number of hydrogen-bond donors (Lipinski definition) is 1. The average molecular weight is 323 g/mol. The lowest BCUT2D eigenvalue weighted by Gasteiger charge is -2.05. The van der Waals surface area contributed by atoms with Crippen LogP contribution in [0.2, 0.25) is 0 Å². The van der Waals surface area contributed by atoms with Gasteiger partial charge in [0.2, 0.25) is 0 Å². The summed E-state index contributed by atoms with van der Waals surface area (Å²) in [6.45, 7) is 3.85. The predicted molar refractivity (Wildman–Crippen MR) is 89.8 cm³/mol. The van der Waals surface area contributed by atoms with Crippen LogP contribution < -0.4 is 10.1 Å². The van der Waals surface area contributed by atoms with Gasteiger partial charge in [-0.2, -0.15) is 4.98 Å². The zero-order chi connectivity index (χ0) is 16.9. The summed E-state index contributed by atoms with van der Waals surface area (Å²) in [5, 5.41) is 6.29. The van der Waals surface area contributed by atoms with Gasteiger partial charge in [0.05, 0.1) is 0 Å². The van der Waals surface area contributed by atoms with Gasteiger partial charge in [-0.15, -0.1) is 0 Å². The van der Waals surface area contributed by atoms with Gasteiger partial charge in [-0.1, -0.05) is 35.4 Å². The Morgan fingerprint density at radius 2 is 1.67 bits per heavy atom. The molecule has 1 heterocycles. The van der Waals surface area contributed by atoms with E-state index in [1.807, 2.05) is 62.4 Å². The average Bonchev–Trinajstić information content (AvgIpc) is 3.03. The van der Waals surface area contributed by atoms with E-state index in [2.05, 4.69) is 15.5 Å². The second kappa shape index (κ2) is 6.95. The van der Waals surface area contributed by atoms with Crippen LogP contribution in [0.25, 0.3) is 11.5 Å². The van der Waals surface area contributed by atoms with E-state index in [4.69, 9.17) is 9.26 Å². The van der Waals surface area contributed by atoms with E-state index in [1.54, 1.807) is 0 Å². The molecule has 0 atom stereocenters. The van der Waals surface area contributed by atoms with Crippen LogP contribution in [0, 0.1) is 13.8 Å². The van der Waals surface area contributed by atoms with Crippen LogP contribution in [0.5, 0.6) is 5.75 Å². The molecule has 2 aromatic carbocycles. The monoisotopic (exact) mass is 323 g/mol. The number of nitrogens with one attached hydrogen (secondary N) is 1. The number of anilines is 1. The van der Waals surface area contributed by atoms with E-state index in [1.165, 1.54) is 0 Å². The first kappa shape index (κ1) is 15.7. The molecular weight excluding hydrogens is 306 g/mol. The molecule has 0 spiro atoms. The fraction of sp³-hybridized carbons (Fsp3) is 0.167. The quantitative estimate of drug-likeness (QED) is 0.779. The summed E-state index contributed by atoms with van der Waals surface area (Å²) in [7, 11) is 0. The highest BCUT2D eigenvalue weighted by Crippen LogP contribution is 2.19. The number of ether oxygens (including phenoxy) is 1. The van der Waals surface area contributed by atoms with Crippen LogP contribution in [0.1, 0.15) is 11.1 Å². The van der Waals surface area contributed by atoms with Crippen LogP contribution in [0.3, 0.4) is 0 Å². The highest BCUT2D eigenvalue weighted by Gasteiger charge is 2.11. The number of benzene rings is 2. The normalized spacial score (nSPS) is 10.4. The molecule has 0 bridgehead atoms. The smallest absolute Gasteiger partial charge is 0.270 e. The number of aryl methyl sites for hydroxylation is 2. The Balaban J connectivity index is 1.57. The summed E-state index contributed by atoms with van der Waals surface area (Å²) >= 11 is 0. The van der Waals surface area contributed by atoms with Gasteiger partial charge in [0.25, 0.3) is 17.7 Å². The molecule has 0 aliphatic carbocycles. The number of carbonyl (C=O) groups excluding carboxylic acids is 1. The number of rotatable bonds is 5. The van der Waals surface area contributed by atoms with Crippen molar-refractivity contribution in [2.45, 2.75) is 13.8 Å². The van der Waals surface area contributed by atoms with Crippen LogP contribution in [0.15, 0.2) is 53.1 Å². The number of nitrogens with zero attached hydrogens (tertiary/aromatic N) is 2. The molecule has 3 rings (SSSR count). The highest BCUT2D eigenvalue weighted by atomic mass is 16.5. The molecule has 122 valence electrons. The molecule has 24 heavy (non-hydrogen) atoms. The van der Waals surface area contributed by atoms with Gasteiger partial charge in [-0.05, 0) is 43.3 Å². The van der Waals surface area contributed by atoms with Crippen LogP contribution >= 0.6 is 0 Å². The SMILES string of the molecule is Cc1ccc(OCC(=O)Nc2noc(-c3ccc(C)cc3)n2)cc1. The molecule has 1 aromatic heterocycles. The van der Waals surface area contributed by atoms with E-state index in [0.29, 0.717) is 11.6 Å². The molecule has 0 saturated carbocycles. The van der Waals surface area contributed by atoms with Crippen molar-refractivity contribution in [1.82, 2.24) is 10.1 Å². The van der Waals surface area contributed by atoms with Gasteiger partial charge in [0, 0.05) is 5.56 Å². The fourth-order valence-electron chi connectivity index (χ4n) is 2.03. The van der Waals surface area contributed by atoms with Crippen molar-refractivity contribution in [1.29, 1.82) is 0 Å². The van der Waals surface area contributed by atoms with Crippen LogP contribution in [-0.4, -0.2) is 22.7 Å². The van der Waals surface area contributed by atoms with E-state index in [0.717, 1.165) is 16.7 Å². The third-order valence-corrected chi connectivity index (χ3v) is 3.37. The summed E-state index contributed by atoms with van der Waals surface area (Å²) < 4.78 is 10.6. The molecule has 1 amide bonds. The Hall–Kier alpha value is -3.15.